The van der Waals surface area contributed by atoms with Gasteiger partial charge in [0, 0.05) is 12.8 Å². The predicted octanol–water partition coefficient (Wildman–Crippen LogP) is 5.00. The minimum absolute atomic E-state index is 0.0286. The van der Waals surface area contributed by atoms with E-state index in [2.05, 4.69) is 0 Å². The van der Waals surface area contributed by atoms with Crippen LogP contribution in [0.3, 0.4) is 0 Å². The quantitative estimate of drug-likeness (QED) is 0.697. The molecule has 3 rings (SSSR count). The van der Waals surface area contributed by atoms with Crippen molar-refractivity contribution in [3.63, 3.8) is 0 Å². The smallest absolute Gasteiger partial charge is 0.207 e. The fraction of sp³-hybridized carbons (Fsp3) is 0.600. The van der Waals surface area contributed by atoms with Crippen molar-refractivity contribution in [3.05, 3.63) is 35.1 Å². The molecular formula is C15H17F3. The Kier molecular flexibility index (Phi) is 2.87. The van der Waals surface area contributed by atoms with E-state index in [9.17, 15) is 13.2 Å². The fourth-order valence-corrected chi connectivity index (χ4v) is 3.02. The standard InChI is InChI=1S/C15H17F3/c16-12-3-4-13(14(9-12)10-1-2-10)11-5-7-15(17,18)8-6-11/h3-4,9-11H,1-2,5-8H2. The third kappa shape index (κ3) is 2.40. The lowest BCUT2D eigenvalue weighted by Crippen LogP contribution is -2.24. The maximum Gasteiger partial charge on any atom is 0.248 e. The molecule has 3 heteroatoms. The molecule has 2 saturated carbocycles. The van der Waals surface area contributed by atoms with Crippen molar-refractivity contribution in [2.75, 3.05) is 0 Å². The van der Waals surface area contributed by atoms with Crippen LogP contribution in [0, 0.1) is 5.82 Å². The minimum atomic E-state index is -2.49. The van der Waals surface area contributed by atoms with Gasteiger partial charge in [-0.05, 0) is 60.8 Å². The van der Waals surface area contributed by atoms with Crippen molar-refractivity contribution in [1.29, 1.82) is 0 Å². The van der Waals surface area contributed by atoms with Crippen molar-refractivity contribution >= 4 is 0 Å². The SMILES string of the molecule is Fc1ccc(C2CCC(F)(F)CC2)c(C2CC2)c1. The molecule has 18 heavy (non-hydrogen) atoms. The summed E-state index contributed by atoms with van der Waals surface area (Å²) in [5.74, 6) is -2.03. The van der Waals surface area contributed by atoms with Gasteiger partial charge in [0.2, 0.25) is 5.92 Å². The van der Waals surface area contributed by atoms with Gasteiger partial charge in [0.15, 0.2) is 0 Å². The summed E-state index contributed by atoms with van der Waals surface area (Å²) in [5, 5.41) is 0. The number of halogens is 3. The van der Waals surface area contributed by atoms with Gasteiger partial charge in [0.05, 0.1) is 0 Å². The van der Waals surface area contributed by atoms with Crippen LogP contribution in [0.1, 0.15) is 61.5 Å². The normalized spacial score (nSPS) is 24.2. The second kappa shape index (κ2) is 4.29. The Morgan fingerprint density at radius 3 is 2.11 bits per heavy atom. The van der Waals surface area contributed by atoms with Gasteiger partial charge >= 0.3 is 0 Å². The predicted molar refractivity (Wildman–Crippen MR) is 64.5 cm³/mol. The summed E-state index contributed by atoms with van der Waals surface area (Å²) in [7, 11) is 0. The Hall–Kier alpha value is -0.990. The first-order chi connectivity index (χ1) is 8.55. The van der Waals surface area contributed by atoms with Crippen LogP contribution in [0.5, 0.6) is 0 Å². The molecule has 0 radical (unpaired) electrons. The second-order valence-electron chi connectivity index (χ2n) is 5.68. The summed E-state index contributed by atoms with van der Waals surface area (Å²) < 4.78 is 39.6. The van der Waals surface area contributed by atoms with E-state index in [1.165, 1.54) is 6.07 Å². The number of rotatable bonds is 2. The molecule has 0 saturated heterocycles. The van der Waals surface area contributed by atoms with E-state index in [-0.39, 0.29) is 24.6 Å². The summed E-state index contributed by atoms with van der Waals surface area (Å²) in [4.78, 5) is 0. The van der Waals surface area contributed by atoms with E-state index in [4.69, 9.17) is 0 Å². The minimum Gasteiger partial charge on any atom is -0.207 e. The lowest BCUT2D eigenvalue weighted by atomic mass is 9.80. The van der Waals surface area contributed by atoms with E-state index in [0.29, 0.717) is 18.8 Å². The molecule has 0 atom stereocenters. The van der Waals surface area contributed by atoms with Crippen molar-refractivity contribution in [1.82, 2.24) is 0 Å². The van der Waals surface area contributed by atoms with Crippen LogP contribution in [0.25, 0.3) is 0 Å². The summed E-state index contributed by atoms with van der Waals surface area (Å²) in [6.07, 6.45) is 3.22. The Morgan fingerprint density at radius 1 is 0.889 bits per heavy atom. The maximum atomic E-state index is 13.3. The van der Waals surface area contributed by atoms with Crippen LogP contribution >= 0.6 is 0 Å². The summed E-state index contributed by atoms with van der Waals surface area (Å²) in [5.41, 5.74) is 2.19. The topological polar surface area (TPSA) is 0 Å². The van der Waals surface area contributed by atoms with Crippen molar-refractivity contribution in [2.45, 2.75) is 56.3 Å². The molecule has 0 amide bonds. The highest BCUT2D eigenvalue weighted by Crippen LogP contribution is 2.47. The van der Waals surface area contributed by atoms with E-state index < -0.39 is 5.92 Å². The number of alkyl halides is 2. The lowest BCUT2D eigenvalue weighted by molar-refractivity contribution is -0.0382. The molecule has 0 spiro atoms. The third-order valence-electron chi connectivity index (χ3n) is 4.22. The largest absolute Gasteiger partial charge is 0.248 e. The van der Waals surface area contributed by atoms with Crippen LogP contribution in [-0.2, 0) is 0 Å². The van der Waals surface area contributed by atoms with E-state index in [0.717, 1.165) is 24.0 Å². The van der Waals surface area contributed by atoms with E-state index in [1.54, 1.807) is 6.07 Å². The Bertz CT molecular complexity index is 439. The first-order valence-corrected chi connectivity index (χ1v) is 6.72. The number of benzene rings is 1. The molecule has 1 aromatic carbocycles. The summed E-state index contributed by atoms with van der Waals surface area (Å²) >= 11 is 0. The fourth-order valence-electron chi connectivity index (χ4n) is 3.02. The Labute approximate surface area is 105 Å². The van der Waals surface area contributed by atoms with Crippen molar-refractivity contribution in [3.8, 4) is 0 Å². The molecule has 0 heterocycles. The summed E-state index contributed by atoms with van der Waals surface area (Å²) in [6.45, 7) is 0. The molecule has 0 nitrogen and oxygen atoms in total. The Balaban J connectivity index is 1.84. The maximum absolute atomic E-state index is 13.3. The molecule has 0 aliphatic heterocycles. The number of hydrogen-bond donors (Lipinski definition) is 0. The van der Waals surface area contributed by atoms with Crippen LogP contribution in [-0.4, -0.2) is 5.92 Å². The van der Waals surface area contributed by atoms with E-state index in [1.807, 2.05) is 6.07 Å². The van der Waals surface area contributed by atoms with Gasteiger partial charge in [-0.25, -0.2) is 13.2 Å². The molecule has 0 bridgehead atoms. The highest BCUT2D eigenvalue weighted by molar-refractivity contribution is 5.36. The van der Waals surface area contributed by atoms with Gasteiger partial charge in [0.1, 0.15) is 5.82 Å². The van der Waals surface area contributed by atoms with Gasteiger partial charge in [0.25, 0.3) is 0 Å². The molecule has 0 N–H and O–H groups in total. The van der Waals surface area contributed by atoms with E-state index >= 15 is 0 Å². The molecule has 98 valence electrons. The zero-order valence-corrected chi connectivity index (χ0v) is 10.3. The molecule has 1 aromatic rings. The molecule has 0 aromatic heterocycles. The Morgan fingerprint density at radius 2 is 1.50 bits per heavy atom. The highest BCUT2D eigenvalue weighted by Gasteiger charge is 2.37. The molecular weight excluding hydrogens is 237 g/mol. The van der Waals surface area contributed by atoms with Crippen LogP contribution < -0.4 is 0 Å². The zero-order chi connectivity index (χ0) is 12.8. The van der Waals surface area contributed by atoms with Gasteiger partial charge in [-0.15, -0.1) is 0 Å². The van der Waals surface area contributed by atoms with Gasteiger partial charge in [-0.1, -0.05) is 6.07 Å². The van der Waals surface area contributed by atoms with Gasteiger partial charge in [-0.2, -0.15) is 0 Å². The van der Waals surface area contributed by atoms with Crippen molar-refractivity contribution in [2.24, 2.45) is 0 Å². The van der Waals surface area contributed by atoms with Gasteiger partial charge < -0.3 is 0 Å². The average Bonchev–Trinajstić information content (AvgIpc) is 3.13. The summed E-state index contributed by atoms with van der Waals surface area (Å²) in [6, 6.07) is 4.89. The molecule has 2 aliphatic rings. The number of hydrogen-bond acceptors (Lipinski definition) is 0. The van der Waals surface area contributed by atoms with Crippen LogP contribution in [0.2, 0.25) is 0 Å². The van der Waals surface area contributed by atoms with Crippen LogP contribution in [0.4, 0.5) is 13.2 Å². The van der Waals surface area contributed by atoms with Crippen LogP contribution in [0.15, 0.2) is 18.2 Å². The third-order valence-corrected chi connectivity index (χ3v) is 4.22. The first-order valence-electron chi connectivity index (χ1n) is 6.72. The average molecular weight is 254 g/mol. The second-order valence-corrected chi connectivity index (χ2v) is 5.68. The zero-order valence-electron chi connectivity index (χ0n) is 10.3. The monoisotopic (exact) mass is 254 g/mol. The molecule has 0 unspecified atom stereocenters. The van der Waals surface area contributed by atoms with Crippen molar-refractivity contribution < 1.29 is 13.2 Å². The first kappa shape index (κ1) is 12.1. The molecule has 2 fully saturated rings. The van der Waals surface area contributed by atoms with Gasteiger partial charge in [-0.3, -0.25) is 0 Å². The lowest BCUT2D eigenvalue weighted by Gasteiger charge is -2.29. The highest BCUT2D eigenvalue weighted by atomic mass is 19.3. The molecule has 2 aliphatic carbocycles.